The first-order chi connectivity index (χ1) is 13.5. The van der Waals surface area contributed by atoms with E-state index in [9.17, 15) is 14.4 Å². The lowest BCUT2D eigenvalue weighted by Gasteiger charge is -2.13. The predicted octanol–water partition coefficient (Wildman–Crippen LogP) is 2.09. The molecule has 1 aliphatic rings. The lowest BCUT2D eigenvalue weighted by atomic mass is 10.1. The van der Waals surface area contributed by atoms with Gasteiger partial charge in [-0.15, -0.1) is 10.2 Å². The molecular weight excluding hydrogens is 398 g/mol. The van der Waals surface area contributed by atoms with Crippen LogP contribution in [0.1, 0.15) is 5.56 Å². The highest BCUT2D eigenvalue weighted by Gasteiger charge is 2.29. The molecule has 0 unspecified atom stereocenters. The molecule has 1 saturated heterocycles. The number of nitrogens with zero attached hydrogens (tertiary/aromatic N) is 4. The van der Waals surface area contributed by atoms with E-state index >= 15 is 0 Å². The molecule has 3 heterocycles. The molecule has 0 radical (unpaired) electrons. The van der Waals surface area contributed by atoms with E-state index in [1.807, 2.05) is 41.7 Å². The highest BCUT2D eigenvalue weighted by Crippen LogP contribution is 2.25. The van der Waals surface area contributed by atoms with Gasteiger partial charge in [0.25, 0.3) is 5.24 Å². The Labute approximate surface area is 169 Å². The Hall–Kier alpha value is -2.59. The normalized spacial score (nSPS) is 14.4. The molecule has 0 aliphatic carbocycles. The molecule has 0 bridgehead atoms. The Bertz CT molecular complexity index is 1080. The molecule has 3 amide bonds. The van der Waals surface area contributed by atoms with Crippen LogP contribution in [0.4, 0.5) is 4.79 Å². The monoisotopic (exact) mass is 415 g/mol. The topological polar surface area (TPSA) is 96.7 Å². The van der Waals surface area contributed by atoms with Gasteiger partial charge in [0.1, 0.15) is 0 Å². The molecule has 28 heavy (non-hydrogen) atoms. The zero-order valence-corrected chi connectivity index (χ0v) is 16.7. The summed E-state index contributed by atoms with van der Waals surface area (Å²) in [7, 11) is 0. The number of imide groups is 1. The maximum absolute atomic E-state index is 12.1. The Morgan fingerprint density at radius 2 is 2.11 bits per heavy atom. The molecule has 0 spiro atoms. The Kier molecular flexibility index (Phi) is 5.23. The van der Waals surface area contributed by atoms with E-state index in [-0.39, 0.29) is 41.6 Å². The predicted molar refractivity (Wildman–Crippen MR) is 109 cm³/mol. The van der Waals surface area contributed by atoms with Gasteiger partial charge in [0.2, 0.25) is 11.8 Å². The van der Waals surface area contributed by atoms with E-state index in [1.54, 1.807) is 0 Å². The highest BCUT2D eigenvalue weighted by molar-refractivity contribution is 8.14. The molecule has 3 aromatic rings. The van der Waals surface area contributed by atoms with Gasteiger partial charge >= 0.3 is 0 Å². The van der Waals surface area contributed by atoms with Crippen LogP contribution >= 0.6 is 23.5 Å². The molecule has 2 aromatic heterocycles. The van der Waals surface area contributed by atoms with Crippen LogP contribution in [0.5, 0.6) is 0 Å². The average molecular weight is 416 g/mol. The number of hydrogen-bond donors (Lipinski definition) is 1. The average Bonchev–Trinajstić information content (AvgIpc) is 3.24. The molecule has 1 aliphatic heterocycles. The number of pyridine rings is 1. The van der Waals surface area contributed by atoms with Crippen molar-refractivity contribution in [2.45, 2.75) is 12.1 Å². The van der Waals surface area contributed by atoms with Crippen molar-refractivity contribution >= 4 is 57.1 Å². The van der Waals surface area contributed by atoms with E-state index in [0.717, 1.165) is 33.9 Å². The summed E-state index contributed by atoms with van der Waals surface area (Å²) in [5, 5.41) is 12.7. The van der Waals surface area contributed by atoms with Crippen LogP contribution in [-0.2, 0) is 9.59 Å². The van der Waals surface area contributed by atoms with Crippen molar-refractivity contribution < 1.29 is 14.4 Å². The van der Waals surface area contributed by atoms with E-state index in [1.165, 1.54) is 16.7 Å². The number of thioether (sulfide) groups is 2. The second-order valence-corrected chi connectivity index (χ2v) is 8.13. The largest absolute Gasteiger partial charge is 0.354 e. The van der Waals surface area contributed by atoms with Gasteiger partial charge in [0.05, 0.1) is 17.0 Å². The first kappa shape index (κ1) is 18.8. The minimum absolute atomic E-state index is 0.166. The second-order valence-electron chi connectivity index (χ2n) is 6.26. The number of benzene rings is 1. The third kappa shape index (κ3) is 3.57. The van der Waals surface area contributed by atoms with E-state index in [2.05, 4.69) is 15.5 Å². The fraction of sp³-hybridized carbons (Fsp3) is 0.278. The molecule has 4 rings (SSSR count). The maximum Gasteiger partial charge on any atom is 0.288 e. The number of aromatic nitrogens is 3. The van der Waals surface area contributed by atoms with Gasteiger partial charge in [-0.1, -0.05) is 41.7 Å². The third-order valence-electron chi connectivity index (χ3n) is 4.40. The van der Waals surface area contributed by atoms with Crippen LogP contribution < -0.4 is 5.32 Å². The number of aryl methyl sites for hydroxylation is 1. The number of nitrogens with one attached hydrogen (secondary N) is 1. The number of para-hydroxylation sites is 1. The molecule has 8 nitrogen and oxygen atoms in total. The summed E-state index contributed by atoms with van der Waals surface area (Å²) in [6.45, 7) is 2.46. The van der Waals surface area contributed by atoms with E-state index in [0.29, 0.717) is 5.16 Å². The van der Waals surface area contributed by atoms with Crippen molar-refractivity contribution in [3.8, 4) is 0 Å². The van der Waals surface area contributed by atoms with E-state index in [4.69, 9.17) is 0 Å². The van der Waals surface area contributed by atoms with Crippen LogP contribution in [-0.4, -0.2) is 61.1 Å². The summed E-state index contributed by atoms with van der Waals surface area (Å²) in [6, 6.07) is 9.97. The van der Waals surface area contributed by atoms with Crippen molar-refractivity contribution in [2.24, 2.45) is 0 Å². The number of carbonyl (C=O) groups is 3. The summed E-state index contributed by atoms with van der Waals surface area (Å²) in [5.74, 6) is -0.0593. The zero-order chi connectivity index (χ0) is 19.7. The minimum Gasteiger partial charge on any atom is -0.354 e. The molecule has 0 saturated carbocycles. The minimum atomic E-state index is -0.259. The van der Waals surface area contributed by atoms with Gasteiger partial charge in [-0.05, 0) is 24.6 Å². The summed E-state index contributed by atoms with van der Waals surface area (Å²) < 4.78 is 1.94. The van der Waals surface area contributed by atoms with Gasteiger partial charge in [-0.2, -0.15) is 0 Å². The number of rotatable bonds is 6. The van der Waals surface area contributed by atoms with Crippen molar-refractivity contribution in [2.75, 3.05) is 24.6 Å². The molecule has 1 N–H and O–H groups in total. The van der Waals surface area contributed by atoms with Crippen LogP contribution in [0, 0.1) is 6.92 Å². The molecule has 10 heteroatoms. The zero-order valence-electron chi connectivity index (χ0n) is 15.0. The lowest BCUT2D eigenvalue weighted by Crippen LogP contribution is -2.38. The summed E-state index contributed by atoms with van der Waals surface area (Å²) in [5.41, 5.74) is 2.85. The molecular formula is C18H17N5O3S2. The first-order valence-electron chi connectivity index (χ1n) is 8.64. The first-order valence-corrected chi connectivity index (χ1v) is 10.6. The standard InChI is InChI=1S/C18H17N5O3S2/c1-11-8-14-20-21-17(23(14)13-5-3-2-4-12(11)13)27-9-15(24)19-6-7-22-16(25)10-28-18(22)26/h2-5,8H,6-7,9-10H2,1H3,(H,19,24). The number of carbonyl (C=O) groups excluding carboxylic acids is 3. The fourth-order valence-electron chi connectivity index (χ4n) is 3.05. The fourth-order valence-corrected chi connectivity index (χ4v) is 4.59. The van der Waals surface area contributed by atoms with Crippen LogP contribution in [0.2, 0.25) is 0 Å². The lowest BCUT2D eigenvalue weighted by molar-refractivity contribution is -0.125. The van der Waals surface area contributed by atoms with Crippen LogP contribution in [0.3, 0.4) is 0 Å². The second kappa shape index (κ2) is 7.80. The third-order valence-corrected chi connectivity index (χ3v) is 6.19. The number of fused-ring (bicyclic) bond motifs is 3. The molecule has 1 fully saturated rings. The summed E-state index contributed by atoms with van der Waals surface area (Å²) >= 11 is 2.28. The number of hydrogen-bond acceptors (Lipinski definition) is 7. The highest BCUT2D eigenvalue weighted by atomic mass is 32.2. The summed E-state index contributed by atoms with van der Waals surface area (Å²) in [6.07, 6.45) is 0. The van der Waals surface area contributed by atoms with Crippen molar-refractivity contribution in [1.29, 1.82) is 0 Å². The van der Waals surface area contributed by atoms with Gasteiger partial charge in [-0.3, -0.25) is 23.7 Å². The maximum atomic E-state index is 12.1. The quantitative estimate of drug-likeness (QED) is 0.616. The molecule has 0 atom stereocenters. The Morgan fingerprint density at radius 3 is 2.89 bits per heavy atom. The molecule has 1 aromatic carbocycles. The van der Waals surface area contributed by atoms with Crippen LogP contribution in [0.15, 0.2) is 35.5 Å². The SMILES string of the molecule is Cc1cc2nnc(SCC(=O)NCCN3C(=O)CSC3=O)n2c2ccccc12. The number of amides is 3. The van der Waals surface area contributed by atoms with E-state index < -0.39 is 0 Å². The van der Waals surface area contributed by atoms with Gasteiger partial charge < -0.3 is 5.32 Å². The van der Waals surface area contributed by atoms with Gasteiger partial charge in [0, 0.05) is 18.5 Å². The Morgan fingerprint density at radius 1 is 1.29 bits per heavy atom. The van der Waals surface area contributed by atoms with Crippen molar-refractivity contribution in [3.05, 3.63) is 35.9 Å². The summed E-state index contributed by atoms with van der Waals surface area (Å²) in [4.78, 5) is 36.4. The smallest absolute Gasteiger partial charge is 0.288 e. The van der Waals surface area contributed by atoms with Gasteiger partial charge in [0.15, 0.2) is 10.8 Å². The molecule has 144 valence electrons. The van der Waals surface area contributed by atoms with Crippen molar-refractivity contribution in [1.82, 2.24) is 24.8 Å². The van der Waals surface area contributed by atoms with Crippen molar-refractivity contribution in [3.63, 3.8) is 0 Å². The van der Waals surface area contributed by atoms with Gasteiger partial charge in [-0.25, -0.2) is 0 Å². The Balaban J connectivity index is 1.40. The van der Waals surface area contributed by atoms with Crippen LogP contribution in [0.25, 0.3) is 16.6 Å².